The maximum absolute atomic E-state index is 5.26. The Bertz CT molecular complexity index is 356. The zero-order valence-electron chi connectivity index (χ0n) is 10.6. The highest BCUT2D eigenvalue weighted by Crippen LogP contribution is 2.36. The molecule has 0 bridgehead atoms. The van der Waals surface area contributed by atoms with Crippen molar-refractivity contribution in [3.8, 4) is 5.75 Å². The molecular weight excluding hydrogens is 230 g/mol. The van der Waals surface area contributed by atoms with Gasteiger partial charge in [0, 0.05) is 16.2 Å². The van der Waals surface area contributed by atoms with E-state index in [0.717, 1.165) is 12.3 Å². The van der Waals surface area contributed by atoms with E-state index in [1.165, 1.54) is 24.2 Å². The third-order valence-corrected chi connectivity index (χ3v) is 4.64. The van der Waals surface area contributed by atoms with E-state index >= 15 is 0 Å². The minimum Gasteiger partial charge on any atom is -0.497 e. The highest BCUT2D eigenvalue weighted by atomic mass is 32.2. The van der Waals surface area contributed by atoms with Gasteiger partial charge in [-0.25, -0.2) is 0 Å². The van der Waals surface area contributed by atoms with Gasteiger partial charge in [-0.2, -0.15) is 0 Å². The lowest BCUT2D eigenvalue weighted by molar-refractivity contribution is 0.413. The van der Waals surface area contributed by atoms with Crippen molar-refractivity contribution in [2.24, 2.45) is 0 Å². The van der Waals surface area contributed by atoms with Crippen LogP contribution in [-0.4, -0.2) is 24.9 Å². The molecule has 0 spiro atoms. The van der Waals surface area contributed by atoms with E-state index in [-0.39, 0.29) is 0 Å². The summed E-state index contributed by atoms with van der Waals surface area (Å²) in [6, 6.07) is 9.05. The summed E-state index contributed by atoms with van der Waals surface area (Å²) in [6.07, 6.45) is 3.98. The molecule has 2 nitrogen and oxygen atoms in total. The molecule has 0 heterocycles. The molecule has 0 radical (unpaired) electrons. The number of rotatable bonds is 5. The van der Waals surface area contributed by atoms with Crippen LogP contribution in [0.5, 0.6) is 5.75 Å². The SMILES string of the molecule is CCNC1CCCC1Sc1cccc(OC)c1. The topological polar surface area (TPSA) is 21.3 Å². The molecule has 2 unspecified atom stereocenters. The average Bonchev–Trinajstić information content (AvgIpc) is 2.78. The zero-order chi connectivity index (χ0) is 12.1. The molecule has 1 aromatic carbocycles. The molecule has 1 aliphatic carbocycles. The van der Waals surface area contributed by atoms with E-state index in [9.17, 15) is 0 Å². The van der Waals surface area contributed by atoms with Gasteiger partial charge in [-0.15, -0.1) is 11.8 Å². The zero-order valence-corrected chi connectivity index (χ0v) is 11.4. The first-order valence-corrected chi connectivity index (χ1v) is 7.25. The van der Waals surface area contributed by atoms with Gasteiger partial charge in [0.15, 0.2) is 0 Å². The highest BCUT2D eigenvalue weighted by molar-refractivity contribution is 8.00. The first-order valence-electron chi connectivity index (χ1n) is 6.37. The number of hydrogen-bond acceptors (Lipinski definition) is 3. The normalized spacial score (nSPS) is 23.9. The van der Waals surface area contributed by atoms with Gasteiger partial charge in [0.25, 0.3) is 0 Å². The maximum atomic E-state index is 5.26. The van der Waals surface area contributed by atoms with Crippen molar-refractivity contribution in [2.75, 3.05) is 13.7 Å². The van der Waals surface area contributed by atoms with Crippen molar-refractivity contribution < 1.29 is 4.74 Å². The predicted octanol–water partition coefficient (Wildman–Crippen LogP) is 3.32. The van der Waals surface area contributed by atoms with Crippen LogP contribution in [0.3, 0.4) is 0 Å². The highest BCUT2D eigenvalue weighted by Gasteiger charge is 2.27. The van der Waals surface area contributed by atoms with Crippen LogP contribution >= 0.6 is 11.8 Å². The van der Waals surface area contributed by atoms with E-state index in [2.05, 4.69) is 30.4 Å². The van der Waals surface area contributed by atoms with Crippen LogP contribution in [0.15, 0.2) is 29.2 Å². The summed E-state index contributed by atoms with van der Waals surface area (Å²) in [5, 5.41) is 4.30. The number of thioether (sulfide) groups is 1. The molecule has 0 aromatic heterocycles. The molecule has 0 saturated heterocycles. The van der Waals surface area contributed by atoms with E-state index in [4.69, 9.17) is 4.74 Å². The molecule has 2 atom stereocenters. The third-order valence-electron chi connectivity index (χ3n) is 3.25. The van der Waals surface area contributed by atoms with Crippen molar-refractivity contribution in [3.05, 3.63) is 24.3 Å². The fourth-order valence-corrected chi connectivity index (χ4v) is 3.78. The lowest BCUT2D eigenvalue weighted by Gasteiger charge is -2.20. The van der Waals surface area contributed by atoms with Gasteiger partial charge in [0.2, 0.25) is 0 Å². The summed E-state index contributed by atoms with van der Waals surface area (Å²) in [6.45, 7) is 3.26. The number of methoxy groups -OCH3 is 1. The first-order chi connectivity index (χ1) is 8.33. The van der Waals surface area contributed by atoms with Gasteiger partial charge >= 0.3 is 0 Å². The Labute approximate surface area is 108 Å². The van der Waals surface area contributed by atoms with Crippen LogP contribution in [0.1, 0.15) is 26.2 Å². The lowest BCUT2D eigenvalue weighted by atomic mass is 10.2. The second-order valence-electron chi connectivity index (χ2n) is 4.43. The quantitative estimate of drug-likeness (QED) is 0.867. The standard InChI is InChI=1S/C14H21NOS/c1-3-15-13-8-5-9-14(13)17-12-7-4-6-11(10-12)16-2/h4,6-7,10,13-15H,3,5,8-9H2,1-2H3. The van der Waals surface area contributed by atoms with Crippen molar-refractivity contribution in [1.29, 1.82) is 0 Å². The van der Waals surface area contributed by atoms with Gasteiger partial charge in [-0.3, -0.25) is 0 Å². The maximum Gasteiger partial charge on any atom is 0.119 e. The van der Waals surface area contributed by atoms with Crippen LogP contribution in [0, 0.1) is 0 Å². The van der Waals surface area contributed by atoms with Gasteiger partial charge in [0.05, 0.1) is 7.11 Å². The Morgan fingerprint density at radius 3 is 3.06 bits per heavy atom. The summed E-state index contributed by atoms with van der Waals surface area (Å²) in [4.78, 5) is 1.32. The van der Waals surface area contributed by atoms with E-state index in [0.29, 0.717) is 11.3 Å². The molecule has 0 amide bonds. The molecule has 1 aromatic rings. The average molecular weight is 251 g/mol. The first kappa shape index (κ1) is 12.8. The molecule has 94 valence electrons. The van der Waals surface area contributed by atoms with Gasteiger partial charge in [-0.1, -0.05) is 19.4 Å². The van der Waals surface area contributed by atoms with Crippen LogP contribution in [0.4, 0.5) is 0 Å². The lowest BCUT2D eigenvalue weighted by Crippen LogP contribution is -2.33. The van der Waals surface area contributed by atoms with Crippen molar-refractivity contribution in [3.63, 3.8) is 0 Å². The summed E-state index contributed by atoms with van der Waals surface area (Å²) >= 11 is 1.99. The van der Waals surface area contributed by atoms with Crippen LogP contribution in [0.25, 0.3) is 0 Å². The molecule has 1 aliphatic rings. The third kappa shape index (κ3) is 3.39. The minimum atomic E-state index is 0.677. The monoisotopic (exact) mass is 251 g/mol. The summed E-state index contributed by atoms with van der Waals surface area (Å²) in [5.41, 5.74) is 0. The fourth-order valence-electron chi connectivity index (χ4n) is 2.41. The van der Waals surface area contributed by atoms with Gasteiger partial charge < -0.3 is 10.1 Å². The second-order valence-corrected chi connectivity index (χ2v) is 5.74. The molecule has 2 rings (SSSR count). The predicted molar refractivity (Wildman–Crippen MR) is 74.0 cm³/mol. The van der Waals surface area contributed by atoms with Gasteiger partial charge in [0.1, 0.15) is 5.75 Å². The van der Waals surface area contributed by atoms with Crippen molar-refractivity contribution in [2.45, 2.75) is 42.4 Å². The van der Waals surface area contributed by atoms with Crippen LogP contribution in [-0.2, 0) is 0 Å². The second kappa shape index (κ2) is 6.31. The van der Waals surface area contributed by atoms with Crippen molar-refractivity contribution >= 4 is 11.8 Å². The largest absolute Gasteiger partial charge is 0.497 e. The van der Waals surface area contributed by atoms with E-state index < -0.39 is 0 Å². The molecule has 17 heavy (non-hydrogen) atoms. The molecule has 0 aliphatic heterocycles. The van der Waals surface area contributed by atoms with Crippen LogP contribution in [0.2, 0.25) is 0 Å². The fraction of sp³-hybridized carbons (Fsp3) is 0.571. The number of ether oxygens (including phenoxy) is 1. The Morgan fingerprint density at radius 1 is 1.41 bits per heavy atom. The van der Waals surface area contributed by atoms with Crippen LogP contribution < -0.4 is 10.1 Å². The Balaban J connectivity index is 1.99. The van der Waals surface area contributed by atoms with E-state index in [1.807, 2.05) is 17.8 Å². The molecule has 1 fully saturated rings. The minimum absolute atomic E-state index is 0.677. The molecular formula is C14H21NOS. The Hall–Kier alpha value is -0.670. The Kier molecular flexibility index (Phi) is 4.75. The number of benzene rings is 1. The van der Waals surface area contributed by atoms with Crippen molar-refractivity contribution in [1.82, 2.24) is 5.32 Å². The molecule has 1 saturated carbocycles. The Morgan fingerprint density at radius 2 is 2.29 bits per heavy atom. The summed E-state index contributed by atoms with van der Waals surface area (Å²) in [5.74, 6) is 0.952. The smallest absolute Gasteiger partial charge is 0.119 e. The molecule has 3 heteroatoms. The summed E-state index contributed by atoms with van der Waals surface area (Å²) in [7, 11) is 1.72. The summed E-state index contributed by atoms with van der Waals surface area (Å²) < 4.78 is 5.26. The van der Waals surface area contributed by atoms with Gasteiger partial charge in [-0.05, 0) is 37.6 Å². The number of nitrogens with one attached hydrogen (secondary N) is 1. The molecule has 1 N–H and O–H groups in total. The van der Waals surface area contributed by atoms with E-state index in [1.54, 1.807) is 7.11 Å². The number of hydrogen-bond donors (Lipinski definition) is 1.